The summed E-state index contributed by atoms with van der Waals surface area (Å²) in [5.74, 6) is -2.18. The number of ether oxygens (including phenoxy) is 1. The highest BCUT2D eigenvalue weighted by Gasteiger charge is 2.29. The molecule has 1 heterocycles. The van der Waals surface area contributed by atoms with Gasteiger partial charge in [-0.05, 0) is 28.2 Å². The lowest BCUT2D eigenvalue weighted by atomic mass is 9.98. The lowest BCUT2D eigenvalue weighted by molar-refractivity contribution is -0.140. The number of alkyl carbamates (subject to hydrolysis) is 1. The predicted molar refractivity (Wildman–Crippen MR) is 122 cm³/mol. The van der Waals surface area contributed by atoms with E-state index < -0.39 is 24.0 Å². The molecule has 0 spiro atoms. The second-order valence-corrected chi connectivity index (χ2v) is 8.39. The van der Waals surface area contributed by atoms with Crippen LogP contribution in [0.1, 0.15) is 46.9 Å². The highest BCUT2D eigenvalue weighted by Crippen LogP contribution is 2.44. The molecule has 1 aliphatic carbocycles. The number of carbonyl (C=O) groups excluding carboxylic acids is 2. The second kappa shape index (κ2) is 9.78. The molecule has 34 heavy (non-hydrogen) atoms. The van der Waals surface area contributed by atoms with Crippen molar-refractivity contribution in [2.45, 2.75) is 32.4 Å². The smallest absolute Gasteiger partial charge is 0.407 e. The topological polar surface area (TPSA) is 131 Å². The first-order chi connectivity index (χ1) is 16.4. The number of hydrogen-bond acceptors (Lipinski definition) is 6. The zero-order valence-electron chi connectivity index (χ0n) is 18.8. The Labute approximate surface area is 196 Å². The molecule has 0 fully saturated rings. The number of carboxylic acid groups (broad SMARTS) is 1. The lowest BCUT2D eigenvalue weighted by Gasteiger charge is -2.17. The predicted octanol–water partition coefficient (Wildman–Crippen LogP) is 3.55. The molecule has 1 aromatic heterocycles. The summed E-state index contributed by atoms with van der Waals surface area (Å²) in [6.07, 6.45) is 0.449. The number of hydrogen-bond donors (Lipinski definition) is 3. The molecule has 0 saturated heterocycles. The molecule has 1 aliphatic rings. The van der Waals surface area contributed by atoms with E-state index >= 15 is 0 Å². The number of aliphatic carboxylic acids is 1. The van der Waals surface area contributed by atoms with E-state index in [1.54, 1.807) is 13.8 Å². The third-order valence-electron chi connectivity index (χ3n) is 5.85. The van der Waals surface area contributed by atoms with Crippen molar-refractivity contribution < 1.29 is 28.8 Å². The van der Waals surface area contributed by atoms with Crippen molar-refractivity contribution in [3.63, 3.8) is 0 Å². The van der Waals surface area contributed by atoms with Crippen LogP contribution in [0.4, 0.5) is 4.79 Å². The molecule has 0 bridgehead atoms. The summed E-state index contributed by atoms with van der Waals surface area (Å²) in [5.41, 5.74) is 4.68. The molecule has 2 amide bonds. The Morgan fingerprint density at radius 1 is 1.06 bits per heavy atom. The Balaban J connectivity index is 1.36. The van der Waals surface area contributed by atoms with Crippen LogP contribution < -0.4 is 10.6 Å². The number of benzene rings is 2. The standard InChI is InChI=1S/C25H25N3O6/c1-14(2)22(24(30)31)27-23(29)20-13-34-28-21(20)11-26-25(32)33-12-19-17-9-5-3-7-15(17)16-8-4-6-10-18(16)19/h3-10,13-14,19,22H,11-12H2,1-2H3,(H,26,32)(H,27,29)(H,30,31)/t22-/m1/s1. The van der Waals surface area contributed by atoms with Gasteiger partial charge in [0.1, 0.15) is 30.2 Å². The number of amides is 2. The average molecular weight is 463 g/mol. The molecule has 9 heteroatoms. The molecule has 176 valence electrons. The second-order valence-electron chi connectivity index (χ2n) is 8.39. The van der Waals surface area contributed by atoms with Crippen molar-refractivity contribution in [1.82, 2.24) is 15.8 Å². The van der Waals surface area contributed by atoms with Gasteiger partial charge in [0.05, 0.1) is 6.54 Å². The highest BCUT2D eigenvalue weighted by molar-refractivity contribution is 5.97. The van der Waals surface area contributed by atoms with E-state index in [1.807, 2.05) is 36.4 Å². The molecule has 0 radical (unpaired) electrons. The normalized spacial score (nSPS) is 13.1. The third-order valence-corrected chi connectivity index (χ3v) is 5.85. The van der Waals surface area contributed by atoms with Crippen molar-refractivity contribution in [3.8, 4) is 11.1 Å². The van der Waals surface area contributed by atoms with Gasteiger partial charge in [0.25, 0.3) is 5.91 Å². The van der Waals surface area contributed by atoms with E-state index in [-0.39, 0.29) is 36.2 Å². The maximum absolute atomic E-state index is 12.5. The minimum atomic E-state index is -1.14. The fraction of sp³-hybridized carbons (Fsp3) is 0.280. The fourth-order valence-electron chi connectivity index (χ4n) is 4.11. The van der Waals surface area contributed by atoms with Gasteiger partial charge in [-0.25, -0.2) is 9.59 Å². The summed E-state index contributed by atoms with van der Waals surface area (Å²) in [4.78, 5) is 36.2. The minimum Gasteiger partial charge on any atom is -0.480 e. The molecular weight excluding hydrogens is 438 g/mol. The molecule has 3 N–H and O–H groups in total. The van der Waals surface area contributed by atoms with Crippen molar-refractivity contribution in [2.24, 2.45) is 5.92 Å². The van der Waals surface area contributed by atoms with Crippen LogP contribution in [0.5, 0.6) is 0 Å². The minimum absolute atomic E-state index is 0.0471. The van der Waals surface area contributed by atoms with Gasteiger partial charge in [0, 0.05) is 5.92 Å². The molecule has 2 aromatic carbocycles. The Hall–Kier alpha value is -4.14. The van der Waals surface area contributed by atoms with E-state index in [4.69, 9.17) is 9.26 Å². The third kappa shape index (κ3) is 4.63. The molecule has 4 rings (SSSR count). The van der Waals surface area contributed by atoms with Gasteiger partial charge in [-0.2, -0.15) is 0 Å². The molecule has 9 nitrogen and oxygen atoms in total. The Bertz CT molecular complexity index is 1170. The van der Waals surface area contributed by atoms with Crippen LogP contribution in [0.3, 0.4) is 0 Å². The SMILES string of the molecule is CC(C)[C@@H](NC(=O)c1conc1CNC(=O)OCC1c2ccccc2-c2ccccc21)C(=O)O. The number of nitrogens with one attached hydrogen (secondary N) is 2. The van der Waals surface area contributed by atoms with Crippen molar-refractivity contribution in [2.75, 3.05) is 6.61 Å². The summed E-state index contributed by atoms with van der Waals surface area (Å²) in [6, 6.07) is 15.0. The van der Waals surface area contributed by atoms with Crippen LogP contribution in [0, 0.1) is 5.92 Å². The summed E-state index contributed by atoms with van der Waals surface area (Å²) in [7, 11) is 0. The van der Waals surface area contributed by atoms with Gasteiger partial charge >= 0.3 is 12.1 Å². The maximum Gasteiger partial charge on any atom is 0.407 e. The van der Waals surface area contributed by atoms with Crippen LogP contribution in [0.2, 0.25) is 0 Å². The van der Waals surface area contributed by atoms with Gasteiger partial charge in [0.2, 0.25) is 0 Å². The summed E-state index contributed by atoms with van der Waals surface area (Å²) in [5, 5.41) is 18.0. The van der Waals surface area contributed by atoms with Crippen LogP contribution in [-0.2, 0) is 16.1 Å². The molecule has 1 atom stereocenters. The van der Waals surface area contributed by atoms with Crippen molar-refractivity contribution >= 4 is 18.0 Å². The first-order valence-electron chi connectivity index (χ1n) is 10.9. The van der Waals surface area contributed by atoms with Gasteiger partial charge in [0.15, 0.2) is 0 Å². The molecular formula is C25H25N3O6. The Kier molecular flexibility index (Phi) is 6.62. The van der Waals surface area contributed by atoms with E-state index in [0.29, 0.717) is 0 Å². The van der Waals surface area contributed by atoms with E-state index in [0.717, 1.165) is 28.5 Å². The van der Waals surface area contributed by atoms with Crippen LogP contribution in [0.25, 0.3) is 11.1 Å². The zero-order valence-corrected chi connectivity index (χ0v) is 18.8. The molecule has 0 aliphatic heterocycles. The average Bonchev–Trinajstić information content (AvgIpc) is 3.42. The Morgan fingerprint density at radius 2 is 1.68 bits per heavy atom. The van der Waals surface area contributed by atoms with Gasteiger partial charge < -0.3 is 25.0 Å². The lowest BCUT2D eigenvalue weighted by Crippen LogP contribution is -2.44. The number of carbonyl (C=O) groups is 3. The summed E-state index contributed by atoms with van der Waals surface area (Å²) >= 11 is 0. The molecule has 0 saturated carbocycles. The quantitative estimate of drug-likeness (QED) is 0.466. The fourth-order valence-corrected chi connectivity index (χ4v) is 4.11. The monoisotopic (exact) mass is 463 g/mol. The number of fused-ring (bicyclic) bond motifs is 3. The van der Waals surface area contributed by atoms with E-state index in [9.17, 15) is 19.5 Å². The van der Waals surface area contributed by atoms with Crippen molar-refractivity contribution in [3.05, 3.63) is 77.2 Å². The van der Waals surface area contributed by atoms with Gasteiger partial charge in [-0.3, -0.25) is 4.79 Å². The van der Waals surface area contributed by atoms with Crippen LogP contribution >= 0.6 is 0 Å². The number of rotatable bonds is 8. The van der Waals surface area contributed by atoms with E-state index in [2.05, 4.69) is 27.9 Å². The first-order valence-corrected chi connectivity index (χ1v) is 10.9. The maximum atomic E-state index is 12.5. The number of nitrogens with zero attached hydrogens (tertiary/aromatic N) is 1. The Morgan fingerprint density at radius 3 is 2.26 bits per heavy atom. The summed E-state index contributed by atoms with van der Waals surface area (Å²) in [6.45, 7) is 3.41. The van der Waals surface area contributed by atoms with Gasteiger partial charge in [-0.1, -0.05) is 67.5 Å². The first kappa shape index (κ1) is 23.0. The van der Waals surface area contributed by atoms with Gasteiger partial charge in [-0.15, -0.1) is 0 Å². The highest BCUT2D eigenvalue weighted by atomic mass is 16.5. The number of aromatic nitrogens is 1. The molecule has 3 aromatic rings. The largest absolute Gasteiger partial charge is 0.480 e. The summed E-state index contributed by atoms with van der Waals surface area (Å²) < 4.78 is 10.3. The van der Waals surface area contributed by atoms with E-state index in [1.165, 1.54) is 0 Å². The van der Waals surface area contributed by atoms with Crippen molar-refractivity contribution in [1.29, 1.82) is 0 Å². The van der Waals surface area contributed by atoms with Crippen LogP contribution in [0.15, 0.2) is 59.3 Å². The number of carboxylic acids is 1. The zero-order chi connectivity index (χ0) is 24.2. The van der Waals surface area contributed by atoms with Crippen LogP contribution in [-0.4, -0.2) is 40.9 Å². The molecule has 0 unspecified atom stereocenters.